The highest BCUT2D eigenvalue weighted by Crippen LogP contribution is 2.30. The van der Waals surface area contributed by atoms with Crippen molar-refractivity contribution in [2.24, 2.45) is 10.7 Å². The number of halogens is 1. The summed E-state index contributed by atoms with van der Waals surface area (Å²) in [5.41, 5.74) is 8.02. The van der Waals surface area contributed by atoms with Gasteiger partial charge >= 0.3 is 0 Å². The van der Waals surface area contributed by atoms with Crippen LogP contribution in [0.15, 0.2) is 61.7 Å². The van der Waals surface area contributed by atoms with Gasteiger partial charge in [-0.15, -0.1) is 23.5 Å². The first kappa shape index (κ1) is 17.2. The minimum absolute atomic E-state index is 0.456. The van der Waals surface area contributed by atoms with Gasteiger partial charge in [-0.05, 0) is 64.8 Å². The molecule has 0 radical (unpaired) electrons. The quantitative estimate of drug-likeness (QED) is 0.450. The summed E-state index contributed by atoms with van der Waals surface area (Å²) < 4.78 is 0.930. The molecule has 6 heteroatoms. The Labute approximate surface area is 148 Å². The molecule has 116 valence electrons. The zero-order chi connectivity index (χ0) is 16.1. The van der Waals surface area contributed by atoms with Crippen LogP contribution in [-0.2, 0) is 0 Å². The van der Waals surface area contributed by atoms with Gasteiger partial charge in [0.05, 0.1) is 5.69 Å². The van der Waals surface area contributed by atoms with Crippen LogP contribution < -0.4 is 10.6 Å². The number of anilines is 1. The first-order chi connectivity index (χ1) is 10.5. The molecule has 0 spiro atoms. The lowest BCUT2D eigenvalue weighted by Gasteiger charge is -2.19. The predicted octanol–water partition coefficient (Wildman–Crippen LogP) is 4.98. The molecule has 0 saturated carbocycles. The molecule has 0 heterocycles. The third-order valence-corrected chi connectivity index (χ3v) is 5.29. The number of rotatable bonds is 4. The Morgan fingerprint density at radius 2 is 1.77 bits per heavy atom. The smallest absolute Gasteiger partial charge is 0.200 e. The number of benzene rings is 2. The highest BCUT2D eigenvalue weighted by molar-refractivity contribution is 9.10. The van der Waals surface area contributed by atoms with Crippen molar-refractivity contribution in [3.05, 3.63) is 46.9 Å². The SMILES string of the molecule is CSc1cccc(N(C)C(N)=Nc2cc(SC)ccc2Br)c1. The summed E-state index contributed by atoms with van der Waals surface area (Å²) in [6.07, 6.45) is 4.10. The van der Waals surface area contributed by atoms with Crippen molar-refractivity contribution in [2.75, 3.05) is 24.5 Å². The summed E-state index contributed by atoms with van der Waals surface area (Å²) in [6.45, 7) is 0. The molecule has 3 nitrogen and oxygen atoms in total. The zero-order valence-corrected chi connectivity index (χ0v) is 15.9. The highest BCUT2D eigenvalue weighted by atomic mass is 79.9. The standard InChI is InChI=1S/C16H18BrN3S2/c1-20(11-5-4-6-12(9-11)21-2)16(18)19-15-10-13(22-3)7-8-14(15)17/h4-10H,1-3H3,(H2,18,19). The molecular formula is C16H18BrN3S2. The molecule has 0 aromatic heterocycles. The van der Waals surface area contributed by atoms with Crippen molar-refractivity contribution in [1.82, 2.24) is 0 Å². The fraction of sp³-hybridized carbons (Fsp3) is 0.188. The van der Waals surface area contributed by atoms with E-state index in [-0.39, 0.29) is 0 Å². The van der Waals surface area contributed by atoms with Gasteiger partial charge in [-0.25, -0.2) is 4.99 Å². The van der Waals surface area contributed by atoms with Crippen molar-refractivity contribution in [1.29, 1.82) is 0 Å². The summed E-state index contributed by atoms with van der Waals surface area (Å²) in [7, 11) is 1.92. The summed E-state index contributed by atoms with van der Waals surface area (Å²) in [5, 5.41) is 0. The van der Waals surface area contributed by atoms with Crippen LogP contribution in [-0.4, -0.2) is 25.5 Å². The van der Waals surface area contributed by atoms with Crippen LogP contribution in [0.25, 0.3) is 0 Å². The molecule has 2 N–H and O–H groups in total. The van der Waals surface area contributed by atoms with Crippen LogP contribution in [0.3, 0.4) is 0 Å². The second-order valence-electron chi connectivity index (χ2n) is 4.55. The van der Waals surface area contributed by atoms with Crippen molar-refractivity contribution in [3.63, 3.8) is 0 Å². The number of hydrogen-bond donors (Lipinski definition) is 1. The van der Waals surface area contributed by atoms with E-state index in [4.69, 9.17) is 5.73 Å². The Morgan fingerprint density at radius 3 is 2.45 bits per heavy atom. The van der Waals surface area contributed by atoms with Gasteiger partial charge < -0.3 is 10.6 Å². The van der Waals surface area contributed by atoms with Crippen LogP contribution in [0.5, 0.6) is 0 Å². The third-order valence-electron chi connectivity index (χ3n) is 3.17. The minimum Gasteiger partial charge on any atom is -0.369 e. The van der Waals surface area contributed by atoms with E-state index in [9.17, 15) is 0 Å². The molecule has 0 saturated heterocycles. The molecule has 0 aliphatic rings. The van der Waals surface area contributed by atoms with Gasteiger partial charge in [-0.2, -0.15) is 0 Å². The first-order valence-corrected chi connectivity index (χ1v) is 9.85. The van der Waals surface area contributed by atoms with E-state index in [1.165, 1.54) is 4.90 Å². The fourth-order valence-electron chi connectivity index (χ4n) is 1.85. The fourth-order valence-corrected chi connectivity index (χ4v) is 3.08. The summed E-state index contributed by atoms with van der Waals surface area (Å²) >= 11 is 6.91. The summed E-state index contributed by atoms with van der Waals surface area (Å²) in [6, 6.07) is 14.3. The van der Waals surface area contributed by atoms with Gasteiger partial charge in [0.25, 0.3) is 0 Å². The van der Waals surface area contributed by atoms with Crippen molar-refractivity contribution >= 4 is 56.8 Å². The van der Waals surface area contributed by atoms with E-state index in [2.05, 4.69) is 45.4 Å². The summed E-state index contributed by atoms with van der Waals surface area (Å²) in [5.74, 6) is 0.456. The van der Waals surface area contributed by atoms with E-state index in [1.807, 2.05) is 42.5 Å². The molecular weight excluding hydrogens is 378 g/mol. The van der Waals surface area contributed by atoms with Crippen LogP contribution in [0, 0.1) is 0 Å². The molecule has 2 aromatic carbocycles. The Morgan fingerprint density at radius 1 is 1.09 bits per heavy atom. The van der Waals surface area contributed by atoms with Gasteiger partial charge in [-0.1, -0.05) is 6.07 Å². The maximum absolute atomic E-state index is 6.17. The highest BCUT2D eigenvalue weighted by Gasteiger charge is 2.08. The Bertz CT molecular complexity index is 689. The average molecular weight is 396 g/mol. The van der Waals surface area contributed by atoms with E-state index in [1.54, 1.807) is 23.5 Å². The van der Waals surface area contributed by atoms with Crippen molar-refractivity contribution in [2.45, 2.75) is 9.79 Å². The number of hydrogen-bond acceptors (Lipinski definition) is 3. The second kappa shape index (κ2) is 7.94. The number of thioether (sulfide) groups is 2. The van der Waals surface area contributed by atoms with E-state index in [0.717, 1.165) is 20.7 Å². The van der Waals surface area contributed by atoms with Crippen LogP contribution in [0.1, 0.15) is 0 Å². The van der Waals surface area contributed by atoms with Gasteiger partial charge in [0.2, 0.25) is 5.96 Å². The maximum atomic E-state index is 6.17. The van der Waals surface area contributed by atoms with Crippen molar-refractivity contribution < 1.29 is 0 Å². The molecule has 22 heavy (non-hydrogen) atoms. The normalized spacial score (nSPS) is 11.5. The third kappa shape index (κ3) is 4.21. The van der Waals surface area contributed by atoms with Gasteiger partial charge in [0, 0.05) is 27.0 Å². The number of aliphatic imine (C=N–C) groups is 1. The topological polar surface area (TPSA) is 41.6 Å². The molecule has 0 bridgehead atoms. The molecule has 0 amide bonds. The molecule has 2 rings (SSSR count). The maximum Gasteiger partial charge on any atom is 0.200 e. The number of nitrogens with two attached hydrogens (primary N) is 1. The van der Waals surface area contributed by atoms with Crippen molar-refractivity contribution in [3.8, 4) is 0 Å². The van der Waals surface area contributed by atoms with Crippen LogP contribution in [0.2, 0.25) is 0 Å². The predicted molar refractivity (Wildman–Crippen MR) is 104 cm³/mol. The Kier molecular flexibility index (Phi) is 6.23. The van der Waals surface area contributed by atoms with E-state index in [0.29, 0.717) is 5.96 Å². The molecule has 0 unspecified atom stereocenters. The number of nitrogens with zero attached hydrogens (tertiary/aromatic N) is 2. The van der Waals surface area contributed by atoms with Crippen LogP contribution >= 0.6 is 39.5 Å². The molecule has 0 fully saturated rings. The largest absolute Gasteiger partial charge is 0.369 e. The Balaban J connectivity index is 2.31. The minimum atomic E-state index is 0.456. The average Bonchev–Trinajstić information content (AvgIpc) is 2.56. The lowest BCUT2D eigenvalue weighted by atomic mass is 10.3. The molecule has 0 aliphatic heterocycles. The van der Waals surface area contributed by atoms with Gasteiger partial charge in [0.1, 0.15) is 0 Å². The molecule has 0 atom stereocenters. The van der Waals surface area contributed by atoms with Gasteiger partial charge in [-0.3, -0.25) is 0 Å². The van der Waals surface area contributed by atoms with Gasteiger partial charge in [0.15, 0.2) is 0 Å². The second-order valence-corrected chi connectivity index (χ2v) is 7.16. The van der Waals surface area contributed by atoms with E-state index >= 15 is 0 Å². The first-order valence-electron chi connectivity index (χ1n) is 6.60. The summed E-state index contributed by atoms with van der Waals surface area (Å²) in [4.78, 5) is 8.79. The lowest BCUT2D eigenvalue weighted by Crippen LogP contribution is -2.33. The number of guanidine groups is 1. The Hall–Kier alpha value is -1.11. The lowest BCUT2D eigenvalue weighted by molar-refractivity contribution is 1.20. The monoisotopic (exact) mass is 395 g/mol. The zero-order valence-electron chi connectivity index (χ0n) is 12.7. The molecule has 0 aliphatic carbocycles. The molecule has 2 aromatic rings. The van der Waals surface area contributed by atoms with Crippen LogP contribution in [0.4, 0.5) is 11.4 Å². The van der Waals surface area contributed by atoms with E-state index < -0.39 is 0 Å².